The summed E-state index contributed by atoms with van der Waals surface area (Å²) in [6.07, 6.45) is 1.94. The van der Waals surface area contributed by atoms with Crippen LogP contribution in [0.25, 0.3) is 0 Å². The Morgan fingerprint density at radius 3 is 2.83 bits per heavy atom. The molecule has 6 nitrogen and oxygen atoms in total. The van der Waals surface area contributed by atoms with Crippen molar-refractivity contribution in [3.05, 3.63) is 24.0 Å². The Labute approximate surface area is 106 Å². The maximum absolute atomic E-state index is 12.1. The molecular formula is C11H15N3O3S. The first-order valence-corrected chi connectivity index (χ1v) is 7.40. The van der Waals surface area contributed by atoms with Crippen molar-refractivity contribution in [3.8, 4) is 0 Å². The first-order valence-electron chi connectivity index (χ1n) is 5.58. The average molecular weight is 269 g/mol. The lowest BCUT2D eigenvalue weighted by Crippen LogP contribution is -2.38. The molecule has 1 aromatic heterocycles. The first-order chi connectivity index (χ1) is 8.39. The van der Waals surface area contributed by atoms with Gasteiger partial charge in [-0.05, 0) is 18.6 Å². The van der Waals surface area contributed by atoms with Crippen molar-refractivity contribution in [1.82, 2.24) is 9.88 Å². The fourth-order valence-corrected chi connectivity index (χ4v) is 3.77. The van der Waals surface area contributed by atoms with Crippen molar-refractivity contribution in [2.45, 2.75) is 12.5 Å². The third kappa shape index (κ3) is 2.61. The summed E-state index contributed by atoms with van der Waals surface area (Å²) in [5.74, 6) is -0.138. The van der Waals surface area contributed by atoms with E-state index in [2.05, 4.69) is 4.98 Å². The molecule has 18 heavy (non-hydrogen) atoms. The summed E-state index contributed by atoms with van der Waals surface area (Å²) < 4.78 is 22.8. The second-order valence-corrected chi connectivity index (χ2v) is 6.68. The van der Waals surface area contributed by atoms with Crippen molar-refractivity contribution < 1.29 is 13.2 Å². The summed E-state index contributed by atoms with van der Waals surface area (Å²) in [4.78, 5) is 17.5. The lowest BCUT2D eigenvalue weighted by Gasteiger charge is -2.22. The Balaban J connectivity index is 2.15. The number of hydrogen-bond acceptors (Lipinski definition) is 5. The van der Waals surface area contributed by atoms with Crippen LogP contribution in [0.15, 0.2) is 18.3 Å². The van der Waals surface area contributed by atoms with Gasteiger partial charge < -0.3 is 10.6 Å². The van der Waals surface area contributed by atoms with Crippen molar-refractivity contribution in [1.29, 1.82) is 0 Å². The molecule has 1 unspecified atom stereocenters. The molecule has 1 amide bonds. The molecule has 0 aliphatic carbocycles. The molecule has 0 saturated carbocycles. The molecule has 0 radical (unpaired) electrons. The van der Waals surface area contributed by atoms with Crippen LogP contribution >= 0.6 is 0 Å². The van der Waals surface area contributed by atoms with E-state index in [1.165, 1.54) is 17.2 Å². The summed E-state index contributed by atoms with van der Waals surface area (Å²) in [6.45, 7) is 0. The minimum atomic E-state index is -3.00. The number of amides is 1. The van der Waals surface area contributed by atoms with E-state index in [0.717, 1.165) is 0 Å². The highest BCUT2D eigenvalue weighted by molar-refractivity contribution is 7.91. The zero-order chi connectivity index (χ0) is 13.3. The summed E-state index contributed by atoms with van der Waals surface area (Å²) in [6, 6.07) is 2.81. The minimum absolute atomic E-state index is 0.0254. The van der Waals surface area contributed by atoms with Crippen LogP contribution in [0.4, 0.5) is 5.69 Å². The van der Waals surface area contributed by atoms with E-state index in [9.17, 15) is 13.2 Å². The van der Waals surface area contributed by atoms with Gasteiger partial charge in [0.15, 0.2) is 9.84 Å². The third-order valence-electron chi connectivity index (χ3n) is 3.08. The van der Waals surface area contributed by atoms with Crippen LogP contribution in [0.5, 0.6) is 0 Å². The molecule has 1 atom stereocenters. The van der Waals surface area contributed by atoms with E-state index >= 15 is 0 Å². The van der Waals surface area contributed by atoms with Crippen LogP contribution in [0, 0.1) is 0 Å². The molecule has 1 saturated heterocycles. The fourth-order valence-electron chi connectivity index (χ4n) is 1.99. The van der Waals surface area contributed by atoms with E-state index in [1.807, 2.05) is 0 Å². The van der Waals surface area contributed by atoms with Gasteiger partial charge in [0.2, 0.25) is 0 Å². The maximum Gasteiger partial charge on any atom is 0.272 e. The molecule has 1 fully saturated rings. The molecule has 7 heteroatoms. The second-order valence-electron chi connectivity index (χ2n) is 4.45. The van der Waals surface area contributed by atoms with Gasteiger partial charge in [-0.3, -0.25) is 9.78 Å². The van der Waals surface area contributed by atoms with Crippen molar-refractivity contribution in [2.75, 3.05) is 24.3 Å². The van der Waals surface area contributed by atoms with E-state index in [1.54, 1.807) is 13.1 Å². The Kier molecular flexibility index (Phi) is 3.25. The zero-order valence-corrected chi connectivity index (χ0v) is 10.9. The largest absolute Gasteiger partial charge is 0.399 e. The van der Waals surface area contributed by atoms with Gasteiger partial charge in [-0.15, -0.1) is 0 Å². The molecule has 2 N–H and O–H groups in total. The highest BCUT2D eigenvalue weighted by atomic mass is 32.2. The summed E-state index contributed by atoms with van der Waals surface area (Å²) >= 11 is 0. The molecule has 2 heterocycles. The normalized spacial score (nSPS) is 21.7. The van der Waals surface area contributed by atoms with Crippen LogP contribution in [0.1, 0.15) is 16.9 Å². The SMILES string of the molecule is CN(C(=O)c1cc(N)ccn1)C1CCS(=O)(=O)C1. The number of nitrogen functional groups attached to an aromatic ring is 1. The molecule has 0 aromatic carbocycles. The van der Waals surface area contributed by atoms with E-state index in [0.29, 0.717) is 12.1 Å². The predicted molar refractivity (Wildman–Crippen MR) is 67.8 cm³/mol. The number of aromatic nitrogens is 1. The highest BCUT2D eigenvalue weighted by Crippen LogP contribution is 2.18. The second kappa shape index (κ2) is 4.56. The molecule has 0 bridgehead atoms. The fraction of sp³-hybridized carbons (Fsp3) is 0.455. The van der Waals surface area contributed by atoms with Gasteiger partial charge in [0.25, 0.3) is 5.91 Å². The van der Waals surface area contributed by atoms with Crippen LogP contribution in [0.3, 0.4) is 0 Å². The molecule has 1 aliphatic heterocycles. The summed E-state index contributed by atoms with van der Waals surface area (Å²) in [5.41, 5.74) is 6.28. The highest BCUT2D eigenvalue weighted by Gasteiger charge is 2.33. The minimum Gasteiger partial charge on any atom is -0.399 e. The van der Waals surface area contributed by atoms with E-state index < -0.39 is 9.84 Å². The molecule has 0 spiro atoms. The number of rotatable bonds is 2. The van der Waals surface area contributed by atoms with Crippen LogP contribution in [0.2, 0.25) is 0 Å². The number of sulfone groups is 1. The molecule has 1 aliphatic rings. The van der Waals surface area contributed by atoms with Gasteiger partial charge >= 0.3 is 0 Å². The Morgan fingerprint density at radius 1 is 1.56 bits per heavy atom. The third-order valence-corrected chi connectivity index (χ3v) is 4.83. The monoisotopic (exact) mass is 269 g/mol. The van der Waals surface area contributed by atoms with Gasteiger partial charge in [-0.1, -0.05) is 0 Å². The smallest absolute Gasteiger partial charge is 0.272 e. The van der Waals surface area contributed by atoms with Crippen LogP contribution < -0.4 is 5.73 Å². The predicted octanol–water partition coefficient (Wildman–Crippen LogP) is -0.0771. The molecular weight excluding hydrogens is 254 g/mol. The lowest BCUT2D eigenvalue weighted by molar-refractivity contribution is 0.0742. The number of nitrogens with zero attached hydrogens (tertiary/aromatic N) is 2. The molecule has 98 valence electrons. The number of carbonyl (C=O) groups excluding carboxylic acids is 1. The van der Waals surface area contributed by atoms with Gasteiger partial charge in [0.05, 0.1) is 11.5 Å². The van der Waals surface area contributed by atoms with Gasteiger partial charge in [-0.2, -0.15) is 0 Å². The zero-order valence-electron chi connectivity index (χ0n) is 10.0. The standard InChI is InChI=1S/C11H15N3O3S/c1-14(9-3-5-18(16,17)7-9)11(15)10-6-8(12)2-4-13-10/h2,4,6,9H,3,5,7H2,1H3,(H2,12,13). The average Bonchev–Trinajstić information content (AvgIpc) is 2.68. The number of anilines is 1. The van der Waals surface area contributed by atoms with Crippen molar-refractivity contribution in [2.24, 2.45) is 0 Å². The lowest BCUT2D eigenvalue weighted by atomic mass is 10.2. The van der Waals surface area contributed by atoms with E-state index in [4.69, 9.17) is 5.73 Å². The summed E-state index contributed by atoms with van der Waals surface area (Å²) in [7, 11) is -1.41. The van der Waals surface area contributed by atoms with Crippen molar-refractivity contribution >= 4 is 21.4 Å². The Bertz CT molecular complexity index is 571. The Hall–Kier alpha value is -1.63. The number of hydrogen-bond donors (Lipinski definition) is 1. The topological polar surface area (TPSA) is 93.4 Å². The molecule has 2 rings (SSSR count). The Morgan fingerprint density at radius 2 is 2.28 bits per heavy atom. The first kappa shape index (κ1) is 12.8. The van der Waals surface area contributed by atoms with Crippen LogP contribution in [-0.4, -0.2) is 48.8 Å². The molecule has 1 aromatic rings. The number of nitrogens with two attached hydrogens (primary N) is 1. The van der Waals surface area contributed by atoms with Crippen molar-refractivity contribution in [3.63, 3.8) is 0 Å². The maximum atomic E-state index is 12.1. The van der Waals surface area contributed by atoms with E-state index in [-0.39, 0.29) is 29.1 Å². The van der Waals surface area contributed by atoms with Gasteiger partial charge in [0.1, 0.15) is 5.69 Å². The van der Waals surface area contributed by atoms with Gasteiger partial charge in [0, 0.05) is 25.0 Å². The quantitative estimate of drug-likeness (QED) is 0.810. The van der Waals surface area contributed by atoms with Gasteiger partial charge in [-0.25, -0.2) is 8.42 Å². The number of carbonyl (C=O) groups is 1. The van der Waals surface area contributed by atoms with Crippen LogP contribution in [-0.2, 0) is 9.84 Å². The summed E-state index contributed by atoms with van der Waals surface area (Å²) in [5, 5.41) is 0. The number of pyridine rings is 1.